The normalized spacial score (nSPS) is 16.0. The first kappa shape index (κ1) is 18.1. The molecule has 1 aromatic carbocycles. The SMILES string of the molecule is COc1ccc(CC(=O)N2CCc3[nH]cnc3C2c2ccnn2C)cc1OC. The van der Waals surface area contributed by atoms with Crippen LogP contribution in [0.1, 0.15) is 28.7 Å². The Morgan fingerprint density at radius 2 is 2.07 bits per heavy atom. The predicted octanol–water partition coefficient (Wildman–Crippen LogP) is 1.88. The molecule has 28 heavy (non-hydrogen) atoms. The molecule has 1 aliphatic rings. The molecule has 0 fully saturated rings. The Balaban J connectivity index is 1.64. The zero-order valence-electron chi connectivity index (χ0n) is 16.2. The highest BCUT2D eigenvalue weighted by Crippen LogP contribution is 2.34. The van der Waals surface area contributed by atoms with Crippen LogP contribution in [-0.2, 0) is 24.7 Å². The van der Waals surface area contributed by atoms with E-state index < -0.39 is 0 Å². The van der Waals surface area contributed by atoms with E-state index in [1.165, 1.54) is 0 Å². The van der Waals surface area contributed by atoms with Crippen molar-refractivity contribution < 1.29 is 14.3 Å². The molecule has 0 radical (unpaired) electrons. The van der Waals surface area contributed by atoms with E-state index in [1.807, 2.05) is 36.2 Å². The summed E-state index contributed by atoms with van der Waals surface area (Å²) in [7, 11) is 5.06. The van der Waals surface area contributed by atoms with Gasteiger partial charge in [0.15, 0.2) is 11.5 Å². The van der Waals surface area contributed by atoms with E-state index in [2.05, 4.69) is 15.1 Å². The summed E-state index contributed by atoms with van der Waals surface area (Å²) in [6, 6.07) is 7.24. The summed E-state index contributed by atoms with van der Waals surface area (Å²) in [4.78, 5) is 22.8. The molecule has 8 heteroatoms. The number of carbonyl (C=O) groups excluding carboxylic acids is 1. The summed E-state index contributed by atoms with van der Waals surface area (Å²) in [5.74, 6) is 1.29. The number of benzene rings is 1. The lowest BCUT2D eigenvalue weighted by atomic mass is 9.98. The number of rotatable bonds is 5. The van der Waals surface area contributed by atoms with Gasteiger partial charge in [-0.2, -0.15) is 5.10 Å². The summed E-state index contributed by atoms with van der Waals surface area (Å²) in [5.41, 5.74) is 3.77. The average molecular weight is 381 g/mol. The zero-order chi connectivity index (χ0) is 19.7. The molecule has 0 bridgehead atoms. The minimum atomic E-state index is -0.254. The summed E-state index contributed by atoms with van der Waals surface area (Å²) in [6.07, 6.45) is 4.46. The van der Waals surface area contributed by atoms with Crippen LogP contribution in [0.3, 0.4) is 0 Å². The number of carbonyl (C=O) groups is 1. The molecule has 0 saturated heterocycles. The third-order valence-corrected chi connectivity index (χ3v) is 5.19. The first-order valence-electron chi connectivity index (χ1n) is 9.12. The van der Waals surface area contributed by atoms with E-state index >= 15 is 0 Å². The molecule has 1 atom stereocenters. The lowest BCUT2D eigenvalue weighted by Crippen LogP contribution is -2.42. The third-order valence-electron chi connectivity index (χ3n) is 5.19. The van der Waals surface area contributed by atoms with Crippen molar-refractivity contribution in [1.29, 1.82) is 0 Å². The molecule has 1 N–H and O–H groups in total. The number of aromatic nitrogens is 4. The topological polar surface area (TPSA) is 85.3 Å². The van der Waals surface area contributed by atoms with Gasteiger partial charge in [0.1, 0.15) is 6.04 Å². The Bertz CT molecular complexity index is 993. The van der Waals surface area contributed by atoms with Crippen LogP contribution in [0.15, 0.2) is 36.8 Å². The van der Waals surface area contributed by atoms with Gasteiger partial charge in [0.25, 0.3) is 0 Å². The van der Waals surface area contributed by atoms with Crippen molar-refractivity contribution in [3.63, 3.8) is 0 Å². The molecular weight excluding hydrogens is 358 g/mol. The number of aromatic amines is 1. The molecule has 1 unspecified atom stereocenters. The van der Waals surface area contributed by atoms with Gasteiger partial charge in [0, 0.05) is 31.9 Å². The number of fused-ring (bicyclic) bond motifs is 1. The summed E-state index contributed by atoms with van der Waals surface area (Å²) < 4.78 is 12.4. The van der Waals surface area contributed by atoms with Crippen LogP contribution in [0.4, 0.5) is 0 Å². The van der Waals surface area contributed by atoms with Gasteiger partial charge in [-0.3, -0.25) is 9.48 Å². The van der Waals surface area contributed by atoms with Crippen molar-refractivity contribution in [2.75, 3.05) is 20.8 Å². The first-order chi connectivity index (χ1) is 13.6. The minimum absolute atomic E-state index is 0.0343. The monoisotopic (exact) mass is 381 g/mol. The molecule has 2 aromatic heterocycles. The Morgan fingerprint density at radius 3 is 2.79 bits per heavy atom. The molecular formula is C20H23N5O3. The second kappa shape index (κ2) is 7.38. The van der Waals surface area contributed by atoms with Crippen LogP contribution in [0.5, 0.6) is 11.5 Å². The molecule has 0 spiro atoms. The fraction of sp³-hybridized carbons (Fsp3) is 0.350. The van der Waals surface area contributed by atoms with Gasteiger partial charge < -0.3 is 19.4 Å². The Hall–Kier alpha value is -3.29. The highest BCUT2D eigenvalue weighted by molar-refractivity contribution is 5.80. The van der Waals surface area contributed by atoms with Gasteiger partial charge in [0.2, 0.25) is 5.91 Å². The summed E-state index contributed by atoms with van der Waals surface area (Å²) >= 11 is 0. The van der Waals surface area contributed by atoms with Crippen molar-refractivity contribution in [1.82, 2.24) is 24.6 Å². The highest BCUT2D eigenvalue weighted by atomic mass is 16.5. The molecule has 8 nitrogen and oxygen atoms in total. The van der Waals surface area contributed by atoms with Gasteiger partial charge >= 0.3 is 0 Å². The zero-order valence-corrected chi connectivity index (χ0v) is 16.2. The number of methoxy groups -OCH3 is 2. The second-order valence-electron chi connectivity index (χ2n) is 6.75. The molecule has 3 aromatic rings. The van der Waals surface area contributed by atoms with Gasteiger partial charge in [-0.15, -0.1) is 0 Å². The van der Waals surface area contributed by atoms with Gasteiger partial charge in [-0.05, 0) is 23.8 Å². The number of ether oxygens (including phenoxy) is 2. The standard InChI is InChI=1S/C20H23N5O3/c1-24-15(6-8-23-24)20-19-14(21-12-22-19)7-9-25(20)18(26)11-13-4-5-16(27-2)17(10-13)28-3/h4-6,8,10,12,20H,7,9,11H2,1-3H3,(H,21,22). The number of aryl methyl sites for hydroxylation is 1. The minimum Gasteiger partial charge on any atom is -0.493 e. The van der Waals surface area contributed by atoms with Crippen molar-refractivity contribution in [2.24, 2.45) is 7.05 Å². The molecule has 4 rings (SSSR count). The van der Waals surface area contributed by atoms with E-state index in [-0.39, 0.29) is 18.4 Å². The van der Waals surface area contributed by atoms with Crippen molar-refractivity contribution in [3.8, 4) is 11.5 Å². The van der Waals surface area contributed by atoms with Crippen molar-refractivity contribution in [2.45, 2.75) is 18.9 Å². The van der Waals surface area contributed by atoms with E-state index in [9.17, 15) is 4.79 Å². The molecule has 0 saturated carbocycles. The van der Waals surface area contributed by atoms with Crippen LogP contribution < -0.4 is 9.47 Å². The molecule has 146 valence electrons. The number of hydrogen-bond acceptors (Lipinski definition) is 5. The Morgan fingerprint density at radius 1 is 1.25 bits per heavy atom. The molecule has 3 heterocycles. The smallest absolute Gasteiger partial charge is 0.227 e. The lowest BCUT2D eigenvalue weighted by molar-refractivity contribution is -0.132. The summed E-state index contributed by atoms with van der Waals surface area (Å²) in [5, 5.41) is 4.28. The largest absolute Gasteiger partial charge is 0.493 e. The van der Waals surface area contributed by atoms with Gasteiger partial charge in [0.05, 0.1) is 38.4 Å². The number of nitrogens with one attached hydrogen (secondary N) is 1. The fourth-order valence-electron chi connectivity index (χ4n) is 3.76. The lowest BCUT2D eigenvalue weighted by Gasteiger charge is -2.35. The predicted molar refractivity (Wildman–Crippen MR) is 102 cm³/mol. The van der Waals surface area contributed by atoms with E-state index in [0.29, 0.717) is 18.0 Å². The van der Waals surface area contributed by atoms with E-state index in [4.69, 9.17) is 9.47 Å². The van der Waals surface area contributed by atoms with Crippen LogP contribution in [0.2, 0.25) is 0 Å². The number of amides is 1. The molecule has 0 aliphatic carbocycles. The van der Waals surface area contributed by atoms with Crippen LogP contribution >= 0.6 is 0 Å². The van der Waals surface area contributed by atoms with Crippen molar-refractivity contribution in [3.05, 3.63) is 59.4 Å². The first-order valence-corrected chi connectivity index (χ1v) is 9.12. The maximum atomic E-state index is 13.3. The van der Waals surface area contributed by atoms with Crippen LogP contribution in [0.25, 0.3) is 0 Å². The molecule has 1 aliphatic heterocycles. The molecule has 1 amide bonds. The van der Waals surface area contributed by atoms with Crippen molar-refractivity contribution >= 4 is 5.91 Å². The van der Waals surface area contributed by atoms with E-state index in [1.54, 1.807) is 31.4 Å². The second-order valence-corrected chi connectivity index (χ2v) is 6.75. The van der Waals surface area contributed by atoms with Gasteiger partial charge in [-0.1, -0.05) is 6.07 Å². The van der Waals surface area contributed by atoms with Crippen LogP contribution in [0, 0.1) is 0 Å². The van der Waals surface area contributed by atoms with Gasteiger partial charge in [-0.25, -0.2) is 4.98 Å². The number of hydrogen-bond donors (Lipinski definition) is 1. The number of H-pyrrole nitrogens is 1. The maximum Gasteiger partial charge on any atom is 0.227 e. The third kappa shape index (κ3) is 3.11. The maximum absolute atomic E-state index is 13.3. The Kier molecular flexibility index (Phi) is 4.77. The summed E-state index contributed by atoms with van der Waals surface area (Å²) in [6.45, 7) is 0.622. The number of imidazole rings is 1. The highest BCUT2D eigenvalue weighted by Gasteiger charge is 2.35. The average Bonchev–Trinajstić information content (AvgIpc) is 3.35. The Labute approximate surface area is 163 Å². The van der Waals surface area contributed by atoms with Crippen LogP contribution in [-0.4, -0.2) is 51.3 Å². The fourth-order valence-corrected chi connectivity index (χ4v) is 3.76. The quantitative estimate of drug-likeness (QED) is 0.729. The number of nitrogens with zero attached hydrogens (tertiary/aromatic N) is 4. The van der Waals surface area contributed by atoms with E-state index in [0.717, 1.165) is 29.1 Å².